The molecule has 0 aromatic carbocycles. The minimum absolute atomic E-state index is 0.00345. The molecular weight excluding hydrogens is 192 g/mol. The highest BCUT2D eigenvalue weighted by atomic mass is 32.2. The molecule has 2 atom stereocenters. The highest BCUT2D eigenvalue weighted by Crippen LogP contribution is 2.15. The summed E-state index contributed by atoms with van der Waals surface area (Å²) in [6.07, 6.45) is 0.708. The lowest BCUT2D eigenvalue weighted by Gasteiger charge is -2.18. The van der Waals surface area contributed by atoms with E-state index in [2.05, 4.69) is 0 Å². The fourth-order valence-corrected chi connectivity index (χ4v) is 2.54. The maximum absolute atomic E-state index is 11.3. The van der Waals surface area contributed by atoms with Crippen molar-refractivity contribution in [3.63, 3.8) is 0 Å². The van der Waals surface area contributed by atoms with Crippen LogP contribution < -0.4 is 0 Å². The maximum Gasteiger partial charge on any atom is 0.321 e. The second-order valence-electron chi connectivity index (χ2n) is 2.84. The molecular formula is C8H12O4S. The molecule has 0 bridgehead atoms. The summed E-state index contributed by atoms with van der Waals surface area (Å²) in [6.45, 7) is 2.00. The minimum Gasteiger partial charge on any atom is -0.465 e. The van der Waals surface area contributed by atoms with E-state index in [0.717, 1.165) is 0 Å². The molecule has 1 aliphatic rings. The van der Waals surface area contributed by atoms with Crippen LogP contribution in [-0.4, -0.2) is 33.6 Å². The molecule has 0 aliphatic carbocycles. The summed E-state index contributed by atoms with van der Waals surface area (Å²) in [5.74, 6) is -0.462. The first-order valence-corrected chi connectivity index (χ1v) is 5.59. The van der Waals surface area contributed by atoms with E-state index in [1.165, 1.54) is 0 Å². The van der Waals surface area contributed by atoms with Gasteiger partial charge in [0.05, 0.1) is 12.4 Å². The fourth-order valence-electron chi connectivity index (χ4n) is 1.22. The fraction of sp³-hybridized carbons (Fsp3) is 0.750. The van der Waals surface area contributed by atoms with Crippen LogP contribution in [0, 0.1) is 0 Å². The molecule has 0 saturated carbocycles. The van der Waals surface area contributed by atoms with Gasteiger partial charge in [0.1, 0.15) is 11.0 Å². The van der Waals surface area contributed by atoms with E-state index >= 15 is 0 Å². The molecule has 1 aliphatic heterocycles. The van der Waals surface area contributed by atoms with Gasteiger partial charge in [-0.3, -0.25) is 13.8 Å². The first-order chi connectivity index (χ1) is 6.15. The number of hydrogen-bond donors (Lipinski definition) is 0. The standard InChI is InChI=1S/C8H12O4S/c1-2-12-8(10)7-4-3-6(9)5-13(7)11/h7H,2-5H2,1H3/t7-,13+/m1/s1. The van der Waals surface area contributed by atoms with Crippen molar-refractivity contribution in [1.82, 2.24) is 0 Å². The van der Waals surface area contributed by atoms with Gasteiger partial charge in [-0.1, -0.05) is 0 Å². The smallest absolute Gasteiger partial charge is 0.321 e. The van der Waals surface area contributed by atoms with Crippen LogP contribution in [0.25, 0.3) is 0 Å². The van der Waals surface area contributed by atoms with Gasteiger partial charge >= 0.3 is 5.97 Å². The van der Waals surface area contributed by atoms with Gasteiger partial charge in [0.2, 0.25) is 0 Å². The van der Waals surface area contributed by atoms with Gasteiger partial charge in [0, 0.05) is 17.2 Å². The third-order valence-electron chi connectivity index (χ3n) is 1.86. The number of ketones is 1. The molecule has 5 heteroatoms. The van der Waals surface area contributed by atoms with Gasteiger partial charge in [-0.05, 0) is 13.3 Å². The molecule has 0 amide bonds. The van der Waals surface area contributed by atoms with Gasteiger partial charge in [-0.15, -0.1) is 0 Å². The Morgan fingerprint density at radius 1 is 1.69 bits per heavy atom. The van der Waals surface area contributed by atoms with E-state index in [0.29, 0.717) is 19.4 Å². The second-order valence-corrected chi connectivity index (χ2v) is 4.46. The summed E-state index contributed by atoms with van der Waals surface area (Å²) < 4.78 is 16.1. The van der Waals surface area contributed by atoms with Gasteiger partial charge in [0.15, 0.2) is 0 Å². The molecule has 1 rings (SSSR count). The van der Waals surface area contributed by atoms with E-state index in [4.69, 9.17) is 4.74 Å². The molecule has 1 saturated heterocycles. The van der Waals surface area contributed by atoms with E-state index in [1.807, 2.05) is 0 Å². The van der Waals surface area contributed by atoms with Gasteiger partial charge < -0.3 is 4.74 Å². The molecule has 0 radical (unpaired) electrons. The maximum atomic E-state index is 11.3. The van der Waals surface area contributed by atoms with Crippen LogP contribution in [0.5, 0.6) is 0 Å². The Balaban J connectivity index is 2.55. The van der Waals surface area contributed by atoms with E-state index in [1.54, 1.807) is 6.92 Å². The van der Waals surface area contributed by atoms with Crippen LogP contribution in [0.2, 0.25) is 0 Å². The van der Waals surface area contributed by atoms with E-state index in [9.17, 15) is 13.8 Å². The highest BCUT2D eigenvalue weighted by Gasteiger charge is 2.32. The van der Waals surface area contributed by atoms with Crippen molar-refractivity contribution in [2.75, 3.05) is 12.4 Å². The first kappa shape index (κ1) is 10.4. The summed E-state index contributed by atoms with van der Waals surface area (Å²) >= 11 is 0. The monoisotopic (exact) mass is 204 g/mol. The number of esters is 1. The number of hydrogen-bond acceptors (Lipinski definition) is 4. The Hall–Kier alpha value is -0.710. The molecule has 4 nitrogen and oxygen atoms in total. The summed E-state index contributed by atoms with van der Waals surface area (Å²) in [7, 11) is -1.36. The van der Waals surface area contributed by atoms with Crippen LogP contribution in [0.4, 0.5) is 0 Å². The average molecular weight is 204 g/mol. The molecule has 0 N–H and O–H groups in total. The molecule has 0 unspecified atom stereocenters. The third-order valence-corrected chi connectivity index (χ3v) is 3.52. The molecule has 0 spiro atoms. The highest BCUT2D eigenvalue weighted by molar-refractivity contribution is 7.87. The van der Waals surface area contributed by atoms with Crippen molar-refractivity contribution in [1.29, 1.82) is 0 Å². The van der Waals surface area contributed by atoms with Crippen LogP contribution >= 0.6 is 0 Å². The summed E-state index contributed by atoms with van der Waals surface area (Å²) in [5.41, 5.74) is 0. The normalized spacial score (nSPS) is 28.5. The molecule has 1 heterocycles. The SMILES string of the molecule is CCOC(=O)[C@H]1CCC(=O)C[S@@]1=O. The van der Waals surface area contributed by atoms with Gasteiger partial charge in [-0.25, -0.2) is 0 Å². The molecule has 0 aromatic rings. The number of rotatable bonds is 2. The predicted molar refractivity (Wildman–Crippen MR) is 47.7 cm³/mol. The Morgan fingerprint density at radius 2 is 2.38 bits per heavy atom. The lowest BCUT2D eigenvalue weighted by molar-refractivity contribution is -0.142. The van der Waals surface area contributed by atoms with E-state index in [-0.39, 0.29) is 11.5 Å². The molecule has 13 heavy (non-hydrogen) atoms. The molecule has 0 aromatic heterocycles. The zero-order chi connectivity index (χ0) is 9.84. The second kappa shape index (κ2) is 4.50. The number of ether oxygens (including phenoxy) is 1. The van der Waals surface area contributed by atoms with Gasteiger partial charge in [0.25, 0.3) is 0 Å². The van der Waals surface area contributed by atoms with Crippen LogP contribution in [-0.2, 0) is 25.1 Å². The lowest BCUT2D eigenvalue weighted by atomic mass is 10.2. The average Bonchev–Trinajstić information content (AvgIpc) is 2.04. The largest absolute Gasteiger partial charge is 0.465 e. The van der Waals surface area contributed by atoms with Crippen molar-refractivity contribution in [3.05, 3.63) is 0 Å². The quantitative estimate of drug-likeness (QED) is 0.595. The van der Waals surface area contributed by atoms with Crippen LogP contribution in [0.3, 0.4) is 0 Å². The van der Waals surface area contributed by atoms with Crippen LogP contribution in [0.1, 0.15) is 19.8 Å². The predicted octanol–water partition coefficient (Wildman–Crippen LogP) is 0.0297. The molecule has 74 valence electrons. The first-order valence-electron chi connectivity index (χ1n) is 4.20. The van der Waals surface area contributed by atoms with Crippen LogP contribution in [0.15, 0.2) is 0 Å². The Labute approximate surface area is 79.1 Å². The number of carbonyl (C=O) groups excluding carboxylic acids is 2. The van der Waals surface area contributed by atoms with Crippen molar-refractivity contribution >= 4 is 22.6 Å². The van der Waals surface area contributed by atoms with Gasteiger partial charge in [-0.2, -0.15) is 0 Å². The lowest BCUT2D eigenvalue weighted by Crippen LogP contribution is -2.36. The zero-order valence-corrected chi connectivity index (χ0v) is 8.26. The van der Waals surface area contributed by atoms with E-state index < -0.39 is 22.0 Å². The van der Waals surface area contributed by atoms with Crippen molar-refractivity contribution < 1.29 is 18.5 Å². The summed E-state index contributed by atoms with van der Waals surface area (Å²) in [4.78, 5) is 22.0. The zero-order valence-electron chi connectivity index (χ0n) is 7.45. The number of carbonyl (C=O) groups is 2. The topological polar surface area (TPSA) is 60.4 Å². The van der Waals surface area contributed by atoms with Crippen molar-refractivity contribution in [2.24, 2.45) is 0 Å². The molecule has 1 fully saturated rings. The Kier molecular flexibility index (Phi) is 3.59. The Bertz CT molecular complexity index is 249. The summed E-state index contributed by atoms with van der Waals surface area (Å²) in [5, 5.41) is -0.586. The minimum atomic E-state index is -1.36. The van der Waals surface area contributed by atoms with Crippen molar-refractivity contribution in [2.45, 2.75) is 25.0 Å². The number of Topliss-reactive ketones (excluding diaryl/α,β-unsaturated/α-hetero) is 1. The van der Waals surface area contributed by atoms with Crippen molar-refractivity contribution in [3.8, 4) is 0 Å². The summed E-state index contributed by atoms with van der Waals surface area (Å²) in [6, 6.07) is 0. The Morgan fingerprint density at radius 3 is 2.92 bits per heavy atom. The third kappa shape index (κ3) is 2.62.